The van der Waals surface area contributed by atoms with Crippen LogP contribution in [-0.4, -0.2) is 22.6 Å². The average Bonchev–Trinajstić information content (AvgIpc) is 2.27. The molecule has 0 saturated carbocycles. The summed E-state index contributed by atoms with van der Waals surface area (Å²) in [6.45, 7) is 3.28. The van der Waals surface area contributed by atoms with E-state index in [1.165, 1.54) is 6.42 Å². The average molecular weight is 278 g/mol. The molecule has 0 bridgehead atoms. The van der Waals surface area contributed by atoms with Gasteiger partial charge in [0.25, 0.3) is 0 Å². The van der Waals surface area contributed by atoms with E-state index in [0.717, 1.165) is 27.9 Å². The van der Waals surface area contributed by atoms with E-state index >= 15 is 0 Å². The van der Waals surface area contributed by atoms with E-state index in [0.29, 0.717) is 6.04 Å². The minimum atomic E-state index is 0.574. The van der Waals surface area contributed by atoms with Gasteiger partial charge in [-0.2, -0.15) is 0 Å². The van der Waals surface area contributed by atoms with Crippen molar-refractivity contribution in [1.82, 2.24) is 9.97 Å². The Kier molecular flexibility index (Phi) is 2.32. The van der Waals surface area contributed by atoms with Crippen LogP contribution in [0.5, 0.6) is 0 Å². The Hall–Kier alpha value is -1.16. The molecule has 82 valence electrons. The van der Waals surface area contributed by atoms with Crippen molar-refractivity contribution in [3.05, 3.63) is 28.9 Å². The van der Waals surface area contributed by atoms with E-state index in [2.05, 4.69) is 37.7 Å². The summed E-state index contributed by atoms with van der Waals surface area (Å²) < 4.78 is 1.05. The minimum Gasteiger partial charge on any atom is -0.338 e. The molecule has 3 rings (SSSR count). The zero-order chi connectivity index (χ0) is 11.1. The van der Waals surface area contributed by atoms with Crippen molar-refractivity contribution < 1.29 is 0 Å². The number of hydrogen-bond donors (Lipinski definition) is 0. The molecule has 1 atom stereocenters. The lowest BCUT2D eigenvalue weighted by Crippen LogP contribution is -2.46. The largest absolute Gasteiger partial charge is 0.338 e. The Morgan fingerprint density at radius 2 is 2.31 bits per heavy atom. The molecule has 3 nitrogen and oxygen atoms in total. The first-order valence-electron chi connectivity index (χ1n) is 5.43. The molecular formula is C12H12BrN3. The molecule has 0 amide bonds. The molecule has 1 fully saturated rings. The summed E-state index contributed by atoms with van der Waals surface area (Å²) in [5.74, 6) is 0.851. The molecule has 2 aromatic rings. The van der Waals surface area contributed by atoms with Gasteiger partial charge in [0.2, 0.25) is 5.95 Å². The van der Waals surface area contributed by atoms with Crippen molar-refractivity contribution >= 4 is 32.8 Å². The highest BCUT2D eigenvalue weighted by molar-refractivity contribution is 9.10. The van der Waals surface area contributed by atoms with Gasteiger partial charge in [-0.25, -0.2) is 9.97 Å². The highest BCUT2D eigenvalue weighted by Crippen LogP contribution is 2.26. The number of anilines is 1. The molecule has 0 aliphatic carbocycles. The Balaban J connectivity index is 2.09. The maximum Gasteiger partial charge on any atom is 0.226 e. The summed E-state index contributed by atoms with van der Waals surface area (Å²) in [6, 6.07) is 6.61. The van der Waals surface area contributed by atoms with Crippen LogP contribution in [0.4, 0.5) is 5.95 Å². The van der Waals surface area contributed by atoms with Gasteiger partial charge in [-0.05, 0) is 25.5 Å². The second kappa shape index (κ2) is 3.70. The van der Waals surface area contributed by atoms with Crippen LogP contribution in [0, 0.1) is 0 Å². The fourth-order valence-electron chi connectivity index (χ4n) is 1.96. The summed E-state index contributed by atoms with van der Waals surface area (Å²) in [5, 5.41) is 1.07. The molecule has 2 heterocycles. The fourth-order valence-corrected chi connectivity index (χ4v) is 2.42. The number of nitrogens with zero attached hydrogens (tertiary/aromatic N) is 3. The monoisotopic (exact) mass is 277 g/mol. The van der Waals surface area contributed by atoms with E-state index in [1.807, 2.05) is 24.4 Å². The van der Waals surface area contributed by atoms with Crippen molar-refractivity contribution in [2.24, 2.45) is 0 Å². The maximum atomic E-state index is 4.59. The Morgan fingerprint density at radius 3 is 3.00 bits per heavy atom. The van der Waals surface area contributed by atoms with Gasteiger partial charge < -0.3 is 4.90 Å². The first-order chi connectivity index (χ1) is 7.75. The molecule has 1 aliphatic rings. The van der Waals surface area contributed by atoms with Crippen molar-refractivity contribution in [3.8, 4) is 0 Å². The maximum absolute atomic E-state index is 4.59. The van der Waals surface area contributed by atoms with E-state index in [-0.39, 0.29) is 0 Å². The van der Waals surface area contributed by atoms with E-state index in [1.54, 1.807) is 0 Å². The summed E-state index contributed by atoms with van der Waals surface area (Å²) in [6.07, 6.45) is 3.13. The van der Waals surface area contributed by atoms with Crippen LogP contribution in [-0.2, 0) is 0 Å². The number of aromatic nitrogens is 2. The van der Waals surface area contributed by atoms with Crippen LogP contribution in [0.1, 0.15) is 13.3 Å². The molecule has 1 aromatic heterocycles. The third-order valence-corrected chi connectivity index (χ3v) is 3.83. The third-order valence-electron chi connectivity index (χ3n) is 3.14. The molecular weight excluding hydrogens is 266 g/mol. The van der Waals surface area contributed by atoms with Crippen LogP contribution in [0.2, 0.25) is 0 Å². The normalized spacial score (nSPS) is 19.9. The topological polar surface area (TPSA) is 29.0 Å². The first kappa shape index (κ1) is 10.0. The Labute approximate surface area is 103 Å². The number of benzene rings is 1. The minimum absolute atomic E-state index is 0.574. The zero-order valence-electron chi connectivity index (χ0n) is 9.02. The summed E-state index contributed by atoms with van der Waals surface area (Å²) in [7, 11) is 0. The molecule has 0 N–H and O–H groups in total. The van der Waals surface area contributed by atoms with E-state index in [4.69, 9.17) is 0 Å². The van der Waals surface area contributed by atoms with Gasteiger partial charge in [-0.15, -0.1) is 0 Å². The third kappa shape index (κ3) is 1.48. The zero-order valence-corrected chi connectivity index (χ0v) is 10.6. The lowest BCUT2D eigenvalue weighted by atomic mass is 10.1. The Bertz CT molecular complexity index is 541. The van der Waals surface area contributed by atoms with E-state index in [9.17, 15) is 0 Å². The molecule has 0 spiro atoms. The molecule has 16 heavy (non-hydrogen) atoms. The van der Waals surface area contributed by atoms with Crippen molar-refractivity contribution in [2.75, 3.05) is 11.4 Å². The second-order valence-electron chi connectivity index (χ2n) is 4.17. The smallest absolute Gasteiger partial charge is 0.226 e. The predicted octanol–water partition coefficient (Wildman–Crippen LogP) is 2.99. The van der Waals surface area contributed by atoms with Gasteiger partial charge in [-0.3, -0.25) is 0 Å². The summed E-state index contributed by atoms with van der Waals surface area (Å²) in [5.41, 5.74) is 0.999. The fraction of sp³-hybridized carbons (Fsp3) is 0.333. The lowest BCUT2D eigenvalue weighted by Gasteiger charge is -2.38. The van der Waals surface area contributed by atoms with Gasteiger partial charge in [0.15, 0.2) is 0 Å². The van der Waals surface area contributed by atoms with Gasteiger partial charge in [-0.1, -0.05) is 22.0 Å². The number of halogens is 1. The van der Waals surface area contributed by atoms with Crippen LogP contribution in [0.25, 0.3) is 10.9 Å². The standard InChI is InChI=1S/C12H12BrN3/c1-8-5-6-16(8)12-14-7-9-10(13)3-2-4-11(9)15-12/h2-4,7-8H,5-6H2,1H3. The van der Waals surface area contributed by atoms with Gasteiger partial charge >= 0.3 is 0 Å². The van der Waals surface area contributed by atoms with Crippen LogP contribution < -0.4 is 4.90 Å². The summed E-state index contributed by atoms with van der Waals surface area (Å²) >= 11 is 3.51. The molecule has 1 aromatic carbocycles. The van der Waals surface area contributed by atoms with Crippen LogP contribution >= 0.6 is 15.9 Å². The molecule has 1 unspecified atom stereocenters. The summed E-state index contributed by atoms with van der Waals surface area (Å²) in [4.78, 5) is 11.3. The molecule has 1 saturated heterocycles. The Morgan fingerprint density at radius 1 is 1.44 bits per heavy atom. The number of fused-ring (bicyclic) bond motifs is 1. The number of hydrogen-bond acceptors (Lipinski definition) is 3. The van der Waals surface area contributed by atoms with Crippen molar-refractivity contribution in [2.45, 2.75) is 19.4 Å². The quantitative estimate of drug-likeness (QED) is 0.803. The molecule has 1 aliphatic heterocycles. The van der Waals surface area contributed by atoms with Crippen molar-refractivity contribution in [1.29, 1.82) is 0 Å². The van der Waals surface area contributed by atoms with Gasteiger partial charge in [0.05, 0.1) is 5.52 Å². The molecule has 4 heteroatoms. The highest BCUT2D eigenvalue weighted by Gasteiger charge is 2.25. The van der Waals surface area contributed by atoms with Gasteiger partial charge in [0.1, 0.15) is 0 Å². The highest BCUT2D eigenvalue weighted by atomic mass is 79.9. The second-order valence-corrected chi connectivity index (χ2v) is 5.03. The van der Waals surface area contributed by atoms with E-state index < -0.39 is 0 Å². The SMILES string of the molecule is CC1CCN1c1ncc2c(Br)cccc2n1. The van der Waals surface area contributed by atoms with Crippen LogP contribution in [0.3, 0.4) is 0 Å². The first-order valence-corrected chi connectivity index (χ1v) is 6.23. The lowest BCUT2D eigenvalue weighted by molar-refractivity contribution is 0.471. The van der Waals surface area contributed by atoms with Crippen LogP contribution in [0.15, 0.2) is 28.9 Å². The number of rotatable bonds is 1. The van der Waals surface area contributed by atoms with Crippen molar-refractivity contribution in [3.63, 3.8) is 0 Å². The molecule has 0 radical (unpaired) electrons. The predicted molar refractivity (Wildman–Crippen MR) is 68.7 cm³/mol. The van der Waals surface area contributed by atoms with Gasteiger partial charge in [0, 0.05) is 28.6 Å².